The largest absolute Gasteiger partial charge is 0.464 e. The molecule has 0 radical (unpaired) electrons. The Labute approximate surface area is 128 Å². The lowest BCUT2D eigenvalue weighted by atomic mass is 10.1. The van der Waals surface area contributed by atoms with Crippen LogP contribution in [-0.4, -0.2) is 57.9 Å². The van der Waals surface area contributed by atoms with E-state index in [1.54, 1.807) is 20.8 Å². The number of aliphatic hydroxyl groups excluding tert-OH is 1. The monoisotopic (exact) mass is 322 g/mol. The van der Waals surface area contributed by atoms with Gasteiger partial charge in [-0.1, -0.05) is 0 Å². The second-order valence-electron chi connectivity index (χ2n) is 5.25. The summed E-state index contributed by atoms with van der Waals surface area (Å²) in [6.07, 6.45) is -0.428. The Balaban J connectivity index is 2.16. The molecular formula is C13H22O5S2. The van der Waals surface area contributed by atoms with Gasteiger partial charge in [0.05, 0.1) is 13.2 Å². The molecule has 0 aliphatic carbocycles. The van der Waals surface area contributed by atoms with Crippen molar-refractivity contribution in [3.8, 4) is 0 Å². The van der Waals surface area contributed by atoms with Gasteiger partial charge >= 0.3 is 5.97 Å². The lowest BCUT2D eigenvalue weighted by molar-refractivity contribution is -0.160. The van der Waals surface area contributed by atoms with Crippen LogP contribution >= 0.6 is 23.5 Å². The van der Waals surface area contributed by atoms with Gasteiger partial charge in [0, 0.05) is 0 Å². The van der Waals surface area contributed by atoms with Crippen LogP contribution in [0, 0.1) is 0 Å². The van der Waals surface area contributed by atoms with Gasteiger partial charge in [-0.2, -0.15) is 0 Å². The van der Waals surface area contributed by atoms with Crippen molar-refractivity contribution in [3.05, 3.63) is 0 Å². The minimum absolute atomic E-state index is 0.288. The van der Waals surface area contributed by atoms with Crippen LogP contribution in [-0.2, 0) is 19.0 Å². The van der Waals surface area contributed by atoms with Crippen molar-refractivity contribution in [1.82, 2.24) is 0 Å². The van der Waals surface area contributed by atoms with E-state index in [9.17, 15) is 9.90 Å². The quantitative estimate of drug-likeness (QED) is 0.789. The topological polar surface area (TPSA) is 65.0 Å². The van der Waals surface area contributed by atoms with E-state index in [0.717, 1.165) is 17.9 Å². The Kier molecular flexibility index (Phi) is 5.29. The Hall–Kier alpha value is 0.0500. The van der Waals surface area contributed by atoms with E-state index in [0.29, 0.717) is 6.61 Å². The van der Waals surface area contributed by atoms with Gasteiger partial charge in [-0.25, -0.2) is 4.79 Å². The third kappa shape index (κ3) is 3.27. The summed E-state index contributed by atoms with van der Waals surface area (Å²) in [5.41, 5.74) is 0. The lowest BCUT2D eigenvalue weighted by Crippen LogP contribution is -2.53. The average Bonchev–Trinajstić information content (AvgIpc) is 2.79. The van der Waals surface area contributed by atoms with Gasteiger partial charge in [0.15, 0.2) is 9.87 Å². The summed E-state index contributed by atoms with van der Waals surface area (Å²) < 4.78 is 15.4. The molecule has 5 nitrogen and oxygen atoms in total. The summed E-state index contributed by atoms with van der Waals surface area (Å²) in [5, 5.41) is 10.7. The molecule has 0 spiro atoms. The van der Waals surface area contributed by atoms with Gasteiger partial charge in [-0.15, -0.1) is 23.5 Å². The molecule has 116 valence electrons. The van der Waals surface area contributed by atoms with Crippen molar-refractivity contribution in [3.63, 3.8) is 0 Å². The number of carbonyl (C=O) groups excluding carboxylic acids is 1. The first-order chi connectivity index (χ1) is 9.41. The molecule has 2 heterocycles. The molecular weight excluding hydrogens is 300 g/mol. The van der Waals surface area contributed by atoms with Crippen LogP contribution in [0.2, 0.25) is 0 Å². The molecule has 2 aliphatic heterocycles. The molecule has 0 aromatic heterocycles. The molecule has 0 aromatic rings. The number of thioether (sulfide) groups is 2. The Bertz CT molecular complexity index is 355. The normalized spacial score (nSPS) is 29.9. The van der Waals surface area contributed by atoms with Gasteiger partial charge < -0.3 is 19.3 Å². The van der Waals surface area contributed by atoms with Gasteiger partial charge in [0.1, 0.15) is 12.2 Å². The van der Waals surface area contributed by atoms with Crippen molar-refractivity contribution in [2.75, 3.05) is 24.7 Å². The molecule has 0 unspecified atom stereocenters. The average molecular weight is 322 g/mol. The molecule has 0 bridgehead atoms. The molecule has 1 N–H and O–H groups in total. The van der Waals surface area contributed by atoms with E-state index in [1.165, 1.54) is 23.5 Å². The first-order valence-corrected chi connectivity index (χ1v) is 8.83. The van der Waals surface area contributed by atoms with Crippen LogP contribution < -0.4 is 0 Å². The maximum atomic E-state index is 12.4. The molecule has 0 amide bonds. The first-order valence-electron chi connectivity index (χ1n) is 6.86. The van der Waals surface area contributed by atoms with Crippen LogP contribution in [0.3, 0.4) is 0 Å². The fourth-order valence-electron chi connectivity index (χ4n) is 2.30. The molecule has 2 aliphatic rings. The van der Waals surface area contributed by atoms with Gasteiger partial charge in [0.2, 0.25) is 0 Å². The number of aliphatic hydroxyl groups is 1. The Morgan fingerprint density at radius 3 is 2.60 bits per heavy atom. The van der Waals surface area contributed by atoms with E-state index in [2.05, 4.69) is 0 Å². The van der Waals surface area contributed by atoms with Crippen LogP contribution in [0.1, 0.15) is 27.2 Å². The maximum absolute atomic E-state index is 12.4. The predicted molar refractivity (Wildman–Crippen MR) is 79.8 cm³/mol. The molecule has 20 heavy (non-hydrogen) atoms. The molecule has 0 saturated carbocycles. The highest BCUT2D eigenvalue weighted by Gasteiger charge is 2.54. The van der Waals surface area contributed by atoms with Crippen molar-refractivity contribution >= 4 is 29.5 Å². The van der Waals surface area contributed by atoms with E-state index in [4.69, 9.17) is 14.2 Å². The first kappa shape index (κ1) is 16.4. The zero-order chi connectivity index (χ0) is 14.8. The van der Waals surface area contributed by atoms with Gasteiger partial charge in [-0.05, 0) is 38.7 Å². The highest BCUT2D eigenvalue weighted by molar-refractivity contribution is 8.20. The van der Waals surface area contributed by atoms with Crippen molar-refractivity contribution in [2.24, 2.45) is 0 Å². The van der Waals surface area contributed by atoms with E-state index >= 15 is 0 Å². The summed E-state index contributed by atoms with van der Waals surface area (Å²) in [7, 11) is 0. The van der Waals surface area contributed by atoms with Gasteiger partial charge in [-0.3, -0.25) is 0 Å². The van der Waals surface area contributed by atoms with Crippen LogP contribution in [0.15, 0.2) is 0 Å². The minimum atomic E-state index is -0.997. The summed E-state index contributed by atoms with van der Waals surface area (Å²) in [5.74, 6) is 0.584. The fourth-order valence-corrected chi connectivity index (χ4v) is 5.50. The number of hydrogen-bond donors (Lipinski definition) is 1. The SMILES string of the molecule is CCOC(=O)C1([C@H](O)[C@H]2COC(C)(C)O2)SCCCS1. The van der Waals surface area contributed by atoms with Gasteiger partial charge in [0.25, 0.3) is 0 Å². The zero-order valence-electron chi connectivity index (χ0n) is 12.1. The highest BCUT2D eigenvalue weighted by Crippen LogP contribution is 2.48. The van der Waals surface area contributed by atoms with Crippen LogP contribution in [0.25, 0.3) is 0 Å². The standard InChI is InChI=1S/C13H22O5S2/c1-4-16-11(15)13(19-6-5-7-20-13)10(14)9-8-17-12(2,3)18-9/h9-10,14H,4-8H2,1-3H3/t9-,10-/m1/s1. The summed E-state index contributed by atoms with van der Waals surface area (Å²) in [6, 6.07) is 0. The summed E-state index contributed by atoms with van der Waals surface area (Å²) in [4.78, 5) is 12.4. The maximum Gasteiger partial charge on any atom is 0.335 e. The second kappa shape index (κ2) is 6.44. The molecule has 7 heteroatoms. The zero-order valence-corrected chi connectivity index (χ0v) is 13.7. The molecule has 0 aromatic carbocycles. The lowest BCUT2D eigenvalue weighted by Gasteiger charge is -2.39. The molecule has 2 saturated heterocycles. The van der Waals surface area contributed by atoms with E-state index in [-0.39, 0.29) is 12.6 Å². The molecule has 2 rings (SSSR count). The predicted octanol–water partition coefficient (Wildman–Crippen LogP) is 1.63. The second-order valence-corrected chi connectivity index (χ2v) is 8.19. The Morgan fingerprint density at radius 1 is 1.45 bits per heavy atom. The number of hydrogen-bond acceptors (Lipinski definition) is 7. The van der Waals surface area contributed by atoms with Crippen LogP contribution in [0.5, 0.6) is 0 Å². The fraction of sp³-hybridized carbons (Fsp3) is 0.923. The van der Waals surface area contributed by atoms with Crippen molar-refractivity contribution in [2.45, 2.75) is 49.3 Å². The highest BCUT2D eigenvalue weighted by atomic mass is 32.2. The number of ether oxygens (including phenoxy) is 3. The number of carbonyl (C=O) groups is 1. The van der Waals surface area contributed by atoms with E-state index < -0.39 is 22.1 Å². The third-order valence-corrected chi connectivity index (χ3v) is 6.62. The molecule has 2 fully saturated rings. The summed E-state index contributed by atoms with van der Waals surface area (Å²) >= 11 is 2.91. The smallest absolute Gasteiger partial charge is 0.335 e. The number of esters is 1. The minimum Gasteiger partial charge on any atom is -0.464 e. The van der Waals surface area contributed by atoms with Crippen molar-refractivity contribution < 1.29 is 24.1 Å². The van der Waals surface area contributed by atoms with Crippen LogP contribution in [0.4, 0.5) is 0 Å². The summed E-state index contributed by atoms with van der Waals surface area (Å²) in [6.45, 7) is 5.97. The Morgan fingerprint density at radius 2 is 2.10 bits per heavy atom. The third-order valence-electron chi connectivity index (χ3n) is 3.25. The van der Waals surface area contributed by atoms with Crippen molar-refractivity contribution in [1.29, 1.82) is 0 Å². The molecule has 2 atom stereocenters. The number of rotatable bonds is 4. The van der Waals surface area contributed by atoms with E-state index in [1.807, 2.05) is 0 Å².